The zero-order chi connectivity index (χ0) is 36.9. The molecule has 5 atom stereocenters. The molecule has 0 saturated heterocycles. The van der Waals surface area contributed by atoms with E-state index in [2.05, 4.69) is 23.9 Å². The number of pyridine rings is 1. The first-order chi connectivity index (χ1) is 24.8. The fourth-order valence-corrected chi connectivity index (χ4v) is 9.85. The molecule has 14 heteroatoms. The normalized spacial score (nSPS) is 27.4. The highest BCUT2D eigenvalue weighted by Gasteiger charge is 2.62. The van der Waals surface area contributed by atoms with Crippen molar-refractivity contribution in [1.82, 2.24) is 24.9 Å². The molecule has 1 aliphatic heterocycles. The summed E-state index contributed by atoms with van der Waals surface area (Å²) in [6.07, 6.45) is 7.61. The van der Waals surface area contributed by atoms with Crippen LogP contribution in [0.3, 0.4) is 0 Å². The molecule has 3 amide bonds. The first-order valence-corrected chi connectivity index (χ1v) is 20.6. The molecule has 2 aromatic heterocycles. The average molecular weight is 750 g/mol. The molecular formula is C38H47N5O7S2. The average Bonchev–Trinajstić information content (AvgIpc) is 3.98. The van der Waals surface area contributed by atoms with E-state index in [1.165, 1.54) is 11.3 Å². The minimum atomic E-state index is -3.83. The molecule has 1 aromatic carbocycles. The number of nitrogens with zero attached hydrogens (tertiary/aromatic N) is 3. The maximum absolute atomic E-state index is 14.3. The Morgan fingerprint density at radius 2 is 1.88 bits per heavy atom. The van der Waals surface area contributed by atoms with Crippen molar-refractivity contribution < 1.29 is 32.3 Å². The lowest BCUT2D eigenvalue weighted by Crippen LogP contribution is -2.54. The first-order valence-electron chi connectivity index (χ1n) is 18.2. The summed E-state index contributed by atoms with van der Waals surface area (Å²) in [7, 11) is -0.445. The summed E-state index contributed by atoms with van der Waals surface area (Å²) in [5.41, 5.74) is 1.79. The van der Waals surface area contributed by atoms with Gasteiger partial charge >= 0.3 is 0 Å². The van der Waals surface area contributed by atoms with Crippen LogP contribution in [0, 0.1) is 24.7 Å². The number of methoxy groups -OCH3 is 1. The number of fused-ring (bicyclic) bond motifs is 3. The number of ether oxygens (including phenoxy) is 2. The highest BCUT2D eigenvalue weighted by molar-refractivity contribution is 7.91. The molecule has 0 radical (unpaired) electrons. The third-order valence-corrected chi connectivity index (χ3v) is 13.7. The highest BCUT2D eigenvalue weighted by atomic mass is 32.2. The Kier molecular flexibility index (Phi) is 9.83. The van der Waals surface area contributed by atoms with Gasteiger partial charge in [-0.25, -0.2) is 18.4 Å². The van der Waals surface area contributed by atoms with E-state index in [0.717, 1.165) is 40.9 Å². The lowest BCUT2D eigenvalue weighted by atomic mass is 9.93. The summed E-state index contributed by atoms with van der Waals surface area (Å²) < 4.78 is 40.2. The van der Waals surface area contributed by atoms with Gasteiger partial charge in [0, 0.05) is 41.9 Å². The number of hydrogen-bond acceptors (Lipinski definition) is 10. The number of rotatable bonds is 8. The van der Waals surface area contributed by atoms with Gasteiger partial charge in [-0.3, -0.25) is 19.1 Å². The van der Waals surface area contributed by atoms with E-state index >= 15 is 0 Å². The number of benzene rings is 1. The van der Waals surface area contributed by atoms with Crippen LogP contribution in [-0.4, -0.2) is 78.6 Å². The summed E-state index contributed by atoms with van der Waals surface area (Å²) >= 11 is 1.51. The van der Waals surface area contributed by atoms with Gasteiger partial charge in [0.25, 0.3) is 5.91 Å². The second-order valence-corrected chi connectivity index (χ2v) is 17.9. The maximum Gasteiger partial charge on any atom is 0.259 e. The monoisotopic (exact) mass is 749 g/mol. The Bertz CT molecular complexity index is 2040. The number of thiazole rings is 1. The van der Waals surface area contributed by atoms with E-state index in [9.17, 15) is 22.8 Å². The number of carbonyl (C=O) groups excluding carboxylic acids is 3. The molecule has 0 bridgehead atoms. The minimum Gasteiger partial charge on any atom is -0.496 e. The summed E-state index contributed by atoms with van der Waals surface area (Å²) in [6.45, 7) is 6.69. The second kappa shape index (κ2) is 14.1. The number of carbonyl (C=O) groups is 3. The standard InChI is InChI=1S/C38H47N5O7S2/c1-21(2)30-20-51-35(40-30)29-18-32(26-13-14-31(49-5)22(3)33(26)39-29)50-24-16-27-28(17-24)36(45)43(4)15-9-7-6-8-10-23-19-38(23,41-34(27)44)37(46)42-52(47,48)25-11-12-25/h8,10,13-14,18,20-21,23-25,27-28H,6-7,9,11-12,15-17,19H2,1-5H3,(H,41,44)(H,42,46)/b10-8+/t23-,24-,27-,28-,38?/m1/s1. The summed E-state index contributed by atoms with van der Waals surface area (Å²) in [4.78, 5) is 53.5. The van der Waals surface area contributed by atoms with Crippen LogP contribution in [0.1, 0.15) is 82.4 Å². The van der Waals surface area contributed by atoms with Gasteiger partial charge in [0.1, 0.15) is 33.8 Å². The van der Waals surface area contributed by atoms with Gasteiger partial charge in [-0.2, -0.15) is 0 Å². The van der Waals surface area contributed by atoms with Crippen LogP contribution in [0.5, 0.6) is 11.5 Å². The van der Waals surface area contributed by atoms with Crippen LogP contribution in [0.4, 0.5) is 0 Å². The van der Waals surface area contributed by atoms with Crippen LogP contribution < -0.4 is 19.5 Å². The minimum absolute atomic E-state index is 0.147. The first kappa shape index (κ1) is 36.3. The molecule has 278 valence electrons. The quantitative estimate of drug-likeness (QED) is 0.294. The predicted molar refractivity (Wildman–Crippen MR) is 199 cm³/mol. The third kappa shape index (κ3) is 7.03. The van der Waals surface area contributed by atoms with Gasteiger partial charge in [0.2, 0.25) is 21.8 Å². The van der Waals surface area contributed by atoms with Crippen LogP contribution >= 0.6 is 11.3 Å². The molecule has 2 N–H and O–H groups in total. The van der Waals surface area contributed by atoms with Crippen molar-refractivity contribution in [3.05, 3.63) is 47.0 Å². The Balaban J connectivity index is 1.21. The van der Waals surface area contributed by atoms with E-state index < -0.39 is 50.6 Å². The van der Waals surface area contributed by atoms with Crippen LogP contribution in [0.2, 0.25) is 0 Å². The van der Waals surface area contributed by atoms with Gasteiger partial charge in [-0.15, -0.1) is 11.3 Å². The third-order valence-electron chi connectivity index (χ3n) is 11.0. The highest BCUT2D eigenvalue weighted by Crippen LogP contribution is 2.47. The predicted octanol–water partition coefficient (Wildman–Crippen LogP) is 5.25. The molecule has 3 saturated carbocycles. The van der Waals surface area contributed by atoms with Crippen molar-refractivity contribution in [3.8, 4) is 22.2 Å². The smallest absolute Gasteiger partial charge is 0.259 e. The van der Waals surface area contributed by atoms with Gasteiger partial charge in [-0.1, -0.05) is 26.0 Å². The number of allylic oxidation sites excluding steroid dienone is 1. The van der Waals surface area contributed by atoms with E-state index in [0.29, 0.717) is 48.5 Å². The zero-order valence-electron chi connectivity index (χ0n) is 30.3. The largest absolute Gasteiger partial charge is 0.496 e. The molecule has 3 aliphatic carbocycles. The molecule has 12 nitrogen and oxygen atoms in total. The van der Waals surface area contributed by atoms with E-state index in [4.69, 9.17) is 19.4 Å². The summed E-state index contributed by atoms with van der Waals surface area (Å²) in [6, 6.07) is 5.66. The second-order valence-electron chi connectivity index (χ2n) is 15.1. The van der Waals surface area contributed by atoms with Crippen molar-refractivity contribution in [2.24, 2.45) is 17.8 Å². The molecule has 7 rings (SSSR count). The molecule has 3 fully saturated rings. The lowest BCUT2D eigenvalue weighted by Gasteiger charge is -2.26. The van der Waals surface area contributed by atoms with Crippen molar-refractivity contribution in [1.29, 1.82) is 0 Å². The Hall–Kier alpha value is -4.04. The summed E-state index contributed by atoms with van der Waals surface area (Å²) in [5, 5.41) is 5.95. The molecule has 3 aromatic rings. The number of aryl methyl sites for hydroxylation is 1. The lowest BCUT2D eigenvalue weighted by molar-refractivity contribution is -0.140. The fourth-order valence-electron chi connectivity index (χ4n) is 7.55. The van der Waals surface area contributed by atoms with Gasteiger partial charge < -0.3 is 19.7 Å². The van der Waals surface area contributed by atoms with Crippen molar-refractivity contribution in [2.45, 2.75) is 94.9 Å². The molecule has 52 heavy (non-hydrogen) atoms. The van der Waals surface area contributed by atoms with Crippen LogP contribution in [0.25, 0.3) is 21.6 Å². The van der Waals surface area contributed by atoms with E-state index in [1.54, 1.807) is 19.1 Å². The maximum atomic E-state index is 14.3. The Morgan fingerprint density at radius 1 is 1.12 bits per heavy atom. The topological polar surface area (TPSA) is 157 Å². The number of aromatic nitrogens is 2. The molecule has 3 heterocycles. The van der Waals surface area contributed by atoms with E-state index in [1.807, 2.05) is 42.7 Å². The Morgan fingerprint density at radius 3 is 2.60 bits per heavy atom. The number of nitrogens with one attached hydrogen (secondary N) is 2. The number of amides is 3. The molecule has 1 unspecified atom stereocenters. The SMILES string of the molecule is COc1ccc2c(O[C@@H]3C[C@H]4C(=O)NC5(C(=O)NS(=O)(=O)C6CC6)C[C@H]5/C=C/CCCCN(C)C(=O)[C@@H]4C3)cc(-c3nc(C(C)C)cs3)nc2c1C. The van der Waals surface area contributed by atoms with Crippen molar-refractivity contribution in [2.75, 3.05) is 20.7 Å². The van der Waals surface area contributed by atoms with Gasteiger partial charge in [-0.05, 0) is 76.3 Å². The fraction of sp³-hybridized carbons (Fsp3) is 0.553. The summed E-state index contributed by atoms with van der Waals surface area (Å²) in [5.74, 6) is -1.63. The van der Waals surface area contributed by atoms with Crippen LogP contribution in [-0.2, 0) is 24.4 Å². The van der Waals surface area contributed by atoms with Gasteiger partial charge in [0.05, 0.1) is 35.4 Å². The number of hydrogen-bond donors (Lipinski definition) is 2. The molecule has 0 spiro atoms. The molecular weight excluding hydrogens is 703 g/mol. The van der Waals surface area contributed by atoms with Gasteiger partial charge in [0.15, 0.2) is 0 Å². The molecule has 4 aliphatic rings. The van der Waals surface area contributed by atoms with Crippen molar-refractivity contribution >= 4 is 50.0 Å². The van der Waals surface area contributed by atoms with Crippen molar-refractivity contribution in [3.63, 3.8) is 0 Å². The number of sulfonamides is 1. The van der Waals surface area contributed by atoms with Crippen LogP contribution in [0.15, 0.2) is 35.7 Å². The zero-order valence-corrected chi connectivity index (χ0v) is 31.9. The van der Waals surface area contributed by atoms with E-state index in [-0.39, 0.29) is 30.6 Å². The Labute approximate surface area is 308 Å².